The number of carboxylic acids is 1. The molecular formula is C22H26N2O6. The lowest BCUT2D eigenvalue weighted by Gasteiger charge is -2.23. The molecule has 30 heavy (non-hydrogen) atoms. The summed E-state index contributed by atoms with van der Waals surface area (Å²) in [5, 5.41) is 20.9. The Morgan fingerprint density at radius 1 is 1.00 bits per heavy atom. The van der Waals surface area contributed by atoms with Crippen molar-refractivity contribution in [1.82, 2.24) is 4.90 Å². The highest BCUT2D eigenvalue weighted by Gasteiger charge is 2.26. The van der Waals surface area contributed by atoms with E-state index in [9.17, 15) is 19.5 Å². The summed E-state index contributed by atoms with van der Waals surface area (Å²) in [4.78, 5) is 36.4. The summed E-state index contributed by atoms with van der Waals surface area (Å²) in [5.41, 5.74) is 2.03. The Balaban J connectivity index is 2.08. The van der Waals surface area contributed by atoms with Crippen molar-refractivity contribution in [3.8, 4) is 11.1 Å². The number of rotatable bonds is 6. The van der Waals surface area contributed by atoms with Gasteiger partial charge in [-0.3, -0.25) is 10.1 Å². The number of hydrogen-bond acceptors (Lipinski definition) is 5. The number of likely N-dealkylation sites (N-methyl/N-ethyl adjacent to an activating group) is 1. The van der Waals surface area contributed by atoms with Crippen LogP contribution in [0, 0.1) is 0 Å². The molecule has 0 unspecified atom stereocenters. The van der Waals surface area contributed by atoms with Crippen LogP contribution in [-0.2, 0) is 9.53 Å². The number of aliphatic carboxylic acids is 1. The molecule has 0 bridgehead atoms. The average molecular weight is 414 g/mol. The predicted molar refractivity (Wildman–Crippen MR) is 112 cm³/mol. The van der Waals surface area contributed by atoms with Gasteiger partial charge in [0.2, 0.25) is 0 Å². The lowest BCUT2D eigenvalue weighted by molar-refractivity contribution is -0.143. The zero-order valence-electron chi connectivity index (χ0n) is 17.4. The van der Waals surface area contributed by atoms with E-state index in [-0.39, 0.29) is 0 Å². The lowest BCUT2D eigenvalue weighted by Crippen LogP contribution is -2.44. The van der Waals surface area contributed by atoms with Gasteiger partial charge in [-0.1, -0.05) is 24.3 Å². The Hall–Kier alpha value is -3.39. The van der Waals surface area contributed by atoms with E-state index in [2.05, 4.69) is 5.32 Å². The topological polar surface area (TPSA) is 116 Å². The van der Waals surface area contributed by atoms with Crippen LogP contribution in [0.1, 0.15) is 31.1 Å². The number of aliphatic hydroxyl groups is 1. The van der Waals surface area contributed by atoms with Gasteiger partial charge in [0.25, 0.3) is 5.91 Å². The van der Waals surface area contributed by atoms with Gasteiger partial charge in [0, 0.05) is 18.3 Å². The van der Waals surface area contributed by atoms with E-state index < -0.39 is 36.2 Å². The first kappa shape index (κ1) is 22.9. The number of ether oxygens (including phenoxy) is 1. The molecule has 0 aromatic heterocycles. The molecule has 2 aromatic carbocycles. The van der Waals surface area contributed by atoms with E-state index in [1.165, 1.54) is 7.05 Å². The first-order valence-corrected chi connectivity index (χ1v) is 9.33. The number of benzene rings is 2. The Bertz CT molecular complexity index is 901. The van der Waals surface area contributed by atoms with E-state index >= 15 is 0 Å². The molecule has 0 fully saturated rings. The summed E-state index contributed by atoms with van der Waals surface area (Å²) < 4.78 is 5.21. The summed E-state index contributed by atoms with van der Waals surface area (Å²) in [7, 11) is 1.33. The molecule has 160 valence electrons. The molecule has 0 aliphatic heterocycles. The van der Waals surface area contributed by atoms with E-state index in [1.54, 1.807) is 57.2 Å². The van der Waals surface area contributed by atoms with Gasteiger partial charge in [-0.05, 0) is 56.2 Å². The monoisotopic (exact) mass is 414 g/mol. The molecule has 0 aliphatic carbocycles. The van der Waals surface area contributed by atoms with E-state index in [4.69, 9.17) is 9.84 Å². The number of nitrogens with zero attached hydrogens (tertiary/aromatic N) is 1. The van der Waals surface area contributed by atoms with Crippen LogP contribution >= 0.6 is 0 Å². The minimum atomic E-state index is -1.30. The number of carbonyl (C=O) groups excluding carboxylic acids is 2. The highest BCUT2D eigenvalue weighted by Crippen LogP contribution is 2.23. The third-order valence-corrected chi connectivity index (χ3v) is 4.24. The number of carbonyl (C=O) groups is 3. The van der Waals surface area contributed by atoms with Crippen molar-refractivity contribution in [2.45, 2.75) is 32.4 Å². The molecule has 0 saturated heterocycles. The van der Waals surface area contributed by atoms with Crippen LogP contribution in [0.3, 0.4) is 0 Å². The van der Waals surface area contributed by atoms with Gasteiger partial charge >= 0.3 is 12.1 Å². The smallest absolute Gasteiger partial charge is 0.412 e. The van der Waals surface area contributed by atoms with Gasteiger partial charge in [-0.25, -0.2) is 9.59 Å². The van der Waals surface area contributed by atoms with Crippen LogP contribution in [0.2, 0.25) is 0 Å². The highest BCUT2D eigenvalue weighted by atomic mass is 16.6. The standard InChI is InChI=1S/C22H26N2O6/c1-22(2,3)30-21(29)23-17-11-9-15(10-12-17)14-5-7-16(8-6-14)19(26)24(4)18(13-25)20(27)28/h5-12,18,25H,13H2,1-4H3,(H,23,29)(H,27,28)/t18-/m0/s1. The number of nitrogens with one attached hydrogen (secondary N) is 1. The normalized spacial score (nSPS) is 12.0. The fourth-order valence-corrected chi connectivity index (χ4v) is 2.68. The largest absolute Gasteiger partial charge is 0.480 e. The van der Waals surface area contributed by atoms with E-state index in [0.29, 0.717) is 11.3 Å². The Labute approximate surface area is 175 Å². The lowest BCUT2D eigenvalue weighted by atomic mass is 10.0. The maximum Gasteiger partial charge on any atom is 0.412 e. The molecule has 1 atom stereocenters. The second kappa shape index (κ2) is 9.41. The molecule has 8 nitrogen and oxygen atoms in total. The second-order valence-corrected chi connectivity index (χ2v) is 7.73. The van der Waals surface area contributed by atoms with Crippen molar-refractivity contribution in [2.75, 3.05) is 19.0 Å². The average Bonchev–Trinajstić information content (AvgIpc) is 2.67. The molecule has 0 aliphatic rings. The first-order valence-electron chi connectivity index (χ1n) is 9.33. The third kappa shape index (κ3) is 6.05. The number of anilines is 1. The minimum Gasteiger partial charge on any atom is -0.480 e. The van der Waals surface area contributed by atoms with Crippen LogP contribution in [-0.4, -0.2) is 58.4 Å². The quantitative estimate of drug-likeness (QED) is 0.668. The summed E-state index contributed by atoms with van der Waals surface area (Å²) in [6.07, 6.45) is -0.537. The summed E-state index contributed by atoms with van der Waals surface area (Å²) in [6.45, 7) is 4.69. The van der Waals surface area contributed by atoms with Gasteiger partial charge in [-0.15, -0.1) is 0 Å². The van der Waals surface area contributed by atoms with Gasteiger partial charge < -0.3 is 19.8 Å². The van der Waals surface area contributed by atoms with Crippen molar-refractivity contribution in [2.24, 2.45) is 0 Å². The van der Waals surface area contributed by atoms with Gasteiger partial charge in [-0.2, -0.15) is 0 Å². The maximum atomic E-state index is 12.4. The van der Waals surface area contributed by atoms with Crippen LogP contribution < -0.4 is 5.32 Å². The first-order chi connectivity index (χ1) is 14.0. The van der Waals surface area contributed by atoms with Gasteiger partial charge in [0.05, 0.1) is 6.61 Å². The zero-order valence-corrected chi connectivity index (χ0v) is 17.4. The summed E-state index contributed by atoms with van der Waals surface area (Å²) in [5.74, 6) is -1.77. The fourth-order valence-electron chi connectivity index (χ4n) is 2.68. The Kier molecular flexibility index (Phi) is 7.18. The molecule has 2 rings (SSSR count). The van der Waals surface area contributed by atoms with Crippen LogP contribution in [0.25, 0.3) is 11.1 Å². The molecule has 3 N–H and O–H groups in total. The Morgan fingerprint density at radius 2 is 1.50 bits per heavy atom. The second-order valence-electron chi connectivity index (χ2n) is 7.73. The minimum absolute atomic E-state index is 0.309. The van der Waals surface area contributed by atoms with Crippen molar-refractivity contribution < 1.29 is 29.3 Å². The SMILES string of the molecule is CN(C(=O)c1ccc(-c2ccc(NC(=O)OC(C)(C)C)cc2)cc1)[C@@H](CO)C(=O)O. The van der Waals surface area contributed by atoms with Crippen LogP contribution in [0.5, 0.6) is 0 Å². The van der Waals surface area contributed by atoms with Crippen molar-refractivity contribution in [3.63, 3.8) is 0 Å². The molecule has 2 amide bonds. The van der Waals surface area contributed by atoms with Crippen molar-refractivity contribution >= 4 is 23.7 Å². The van der Waals surface area contributed by atoms with Crippen LogP contribution in [0.4, 0.5) is 10.5 Å². The Morgan fingerprint density at radius 3 is 1.93 bits per heavy atom. The van der Waals surface area contributed by atoms with Crippen molar-refractivity contribution in [1.29, 1.82) is 0 Å². The van der Waals surface area contributed by atoms with E-state index in [1.807, 2.05) is 12.1 Å². The fraction of sp³-hybridized carbons (Fsp3) is 0.318. The van der Waals surface area contributed by atoms with Crippen molar-refractivity contribution in [3.05, 3.63) is 54.1 Å². The number of aliphatic hydroxyl groups excluding tert-OH is 1. The zero-order chi connectivity index (χ0) is 22.5. The maximum absolute atomic E-state index is 12.4. The molecule has 0 radical (unpaired) electrons. The third-order valence-electron chi connectivity index (χ3n) is 4.24. The predicted octanol–water partition coefficient (Wildman–Crippen LogP) is 3.22. The van der Waals surface area contributed by atoms with E-state index in [0.717, 1.165) is 16.0 Å². The number of amides is 2. The number of hydrogen-bond donors (Lipinski definition) is 3. The summed E-state index contributed by atoms with van der Waals surface area (Å²) in [6, 6.07) is 12.5. The molecule has 0 saturated carbocycles. The van der Waals surface area contributed by atoms with Gasteiger partial charge in [0.15, 0.2) is 6.04 Å². The molecular weight excluding hydrogens is 388 g/mol. The molecule has 2 aromatic rings. The molecule has 0 spiro atoms. The highest BCUT2D eigenvalue weighted by molar-refractivity contribution is 5.97. The molecule has 8 heteroatoms. The number of carboxylic acid groups (broad SMARTS) is 1. The van der Waals surface area contributed by atoms with Crippen LogP contribution in [0.15, 0.2) is 48.5 Å². The summed E-state index contributed by atoms with van der Waals surface area (Å²) >= 11 is 0. The van der Waals surface area contributed by atoms with Gasteiger partial charge in [0.1, 0.15) is 5.60 Å². The molecule has 0 heterocycles.